The molecule has 1 aliphatic rings. The molecule has 0 unspecified atom stereocenters. The minimum atomic E-state index is -0.312. The highest BCUT2D eigenvalue weighted by Gasteiger charge is 2.33. The standard InChI is InChI=1S/C16H16ClNO3S/c1-4-7-18-15(19)14(22-16(18)20)9-11-5-6-13(12(17)8-11)21-10(2)3/h4-6,8-10H,1,7H2,2-3H3/b14-9+. The van der Waals surface area contributed by atoms with Crippen LogP contribution in [0.25, 0.3) is 6.08 Å². The number of nitrogens with zero attached hydrogens (tertiary/aromatic N) is 1. The van der Waals surface area contributed by atoms with E-state index < -0.39 is 0 Å². The number of halogens is 1. The molecule has 1 saturated heterocycles. The minimum Gasteiger partial charge on any atom is -0.489 e. The molecular weight excluding hydrogens is 322 g/mol. The van der Waals surface area contributed by atoms with E-state index in [0.29, 0.717) is 15.7 Å². The van der Waals surface area contributed by atoms with Crippen molar-refractivity contribution >= 4 is 40.6 Å². The summed E-state index contributed by atoms with van der Waals surface area (Å²) in [6.07, 6.45) is 3.20. The lowest BCUT2D eigenvalue weighted by atomic mass is 10.2. The number of hydrogen-bond donors (Lipinski definition) is 0. The van der Waals surface area contributed by atoms with Gasteiger partial charge in [-0.25, -0.2) is 0 Å². The summed E-state index contributed by atoms with van der Waals surface area (Å²) in [5, 5.41) is 0.176. The Morgan fingerprint density at radius 2 is 2.14 bits per heavy atom. The van der Waals surface area contributed by atoms with Crippen molar-refractivity contribution in [1.29, 1.82) is 0 Å². The van der Waals surface area contributed by atoms with E-state index in [2.05, 4.69) is 6.58 Å². The summed E-state index contributed by atoms with van der Waals surface area (Å²) in [7, 11) is 0. The van der Waals surface area contributed by atoms with Gasteiger partial charge in [-0.15, -0.1) is 6.58 Å². The van der Waals surface area contributed by atoms with E-state index in [1.54, 1.807) is 24.3 Å². The summed E-state index contributed by atoms with van der Waals surface area (Å²) in [6.45, 7) is 7.59. The Balaban J connectivity index is 2.23. The average Bonchev–Trinajstić information content (AvgIpc) is 2.70. The number of ether oxygens (including phenoxy) is 1. The Kier molecular flexibility index (Phi) is 5.32. The summed E-state index contributed by atoms with van der Waals surface area (Å²) >= 11 is 7.08. The average molecular weight is 338 g/mol. The van der Waals surface area contributed by atoms with Crippen LogP contribution in [0.5, 0.6) is 5.75 Å². The van der Waals surface area contributed by atoms with Gasteiger partial charge in [0.25, 0.3) is 11.1 Å². The van der Waals surface area contributed by atoms with E-state index in [4.69, 9.17) is 16.3 Å². The first-order valence-corrected chi connectivity index (χ1v) is 7.94. The molecule has 2 rings (SSSR count). The van der Waals surface area contributed by atoms with Crippen LogP contribution < -0.4 is 4.74 Å². The van der Waals surface area contributed by atoms with Crippen molar-refractivity contribution in [3.63, 3.8) is 0 Å². The van der Waals surface area contributed by atoms with Crippen LogP contribution in [-0.2, 0) is 4.79 Å². The molecule has 0 aliphatic carbocycles. The van der Waals surface area contributed by atoms with Crippen LogP contribution in [0.2, 0.25) is 5.02 Å². The van der Waals surface area contributed by atoms with Crippen LogP contribution in [0.1, 0.15) is 19.4 Å². The molecule has 6 heteroatoms. The fraction of sp³-hybridized carbons (Fsp3) is 0.250. The molecule has 0 atom stereocenters. The van der Waals surface area contributed by atoms with Crippen molar-refractivity contribution in [2.75, 3.05) is 6.54 Å². The van der Waals surface area contributed by atoms with Gasteiger partial charge in [0, 0.05) is 6.54 Å². The number of carbonyl (C=O) groups excluding carboxylic acids is 2. The maximum Gasteiger partial charge on any atom is 0.293 e. The summed E-state index contributed by atoms with van der Waals surface area (Å²) in [6, 6.07) is 5.26. The number of amides is 2. The van der Waals surface area contributed by atoms with Gasteiger partial charge >= 0.3 is 0 Å². The van der Waals surface area contributed by atoms with Gasteiger partial charge in [-0.1, -0.05) is 23.7 Å². The van der Waals surface area contributed by atoms with Crippen molar-refractivity contribution in [3.05, 3.63) is 46.3 Å². The number of carbonyl (C=O) groups is 2. The molecule has 0 N–H and O–H groups in total. The monoisotopic (exact) mass is 337 g/mol. The SMILES string of the molecule is C=CCN1C(=O)S/C(=C/c2ccc(OC(C)C)c(Cl)c2)C1=O. The van der Waals surface area contributed by atoms with Crippen molar-refractivity contribution in [3.8, 4) is 5.75 Å². The number of benzene rings is 1. The third kappa shape index (κ3) is 3.72. The van der Waals surface area contributed by atoms with Gasteiger partial charge in [0.05, 0.1) is 16.0 Å². The lowest BCUT2D eigenvalue weighted by Crippen LogP contribution is -2.27. The van der Waals surface area contributed by atoms with Gasteiger partial charge in [-0.3, -0.25) is 14.5 Å². The molecule has 116 valence electrons. The molecule has 0 radical (unpaired) electrons. The van der Waals surface area contributed by atoms with Gasteiger partial charge in [-0.05, 0) is 49.4 Å². The molecule has 1 fully saturated rings. The summed E-state index contributed by atoms with van der Waals surface area (Å²) in [5.74, 6) is 0.280. The van der Waals surface area contributed by atoms with Crippen molar-refractivity contribution in [2.24, 2.45) is 0 Å². The molecule has 22 heavy (non-hydrogen) atoms. The van der Waals surface area contributed by atoms with Gasteiger partial charge in [0.1, 0.15) is 5.75 Å². The van der Waals surface area contributed by atoms with E-state index in [9.17, 15) is 9.59 Å². The third-order valence-electron chi connectivity index (χ3n) is 2.80. The van der Waals surface area contributed by atoms with E-state index >= 15 is 0 Å². The smallest absolute Gasteiger partial charge is 0.293 e. The van der Waals surface area contributed by atoms with Gasteiger partial charge in [0.2, 0.25) is 0 Å². The number of rotatable bonds is 5. The highest BCUT2D eigenvalue weighted by atomic mass is 35.5. The van der Waals surface area contributed by atoms with E-state index in [1.807, 2.05) is 13.8 Å². The fourth-order valence-corrected chi connectivity index (χ4v) is 2.98. The quantitative estimate of drug-likeness (QED) is 0.592. The Hall–Kier alpha value is -1.72. The lowest BCUT2D eigenvalue weighted by Gasteiger charge is -2.11. The molecule has 1 heterocycles. The molecule has 1 aromatic carbocycles. The third-order valence-corrected chi connectivity index (χ3v) is 4.00. The highest BCUT2D eigenvalue weighted by Crippen LogP contribution is 2.33. The zero-order valence-electron chi connectivity index (χ0n) is 12.3. The zero-order chi connectivity index (χ0) is 16.3. The second-order valence-electron chi connectivity index (χ2n) is 4.94. The first-order chi connectivity index (χ1) is 10.4. The van der Waals surface area contributed by atoms with E-state index in [0.717, 1.165) is 22.2 Å². The molecule has 0 saturated carbocycles. The molecule has 4 nitrogen and oxygen atoms in total. The second-order valence-corrected chi connectivity index (χ2v) is 6.34. The Morgan fingerprint density at radius 3 is 2.73 bits per heavy atom. The van der Waals surface area contributed by atoms with Crippen molar-refractivity contribution in [2.45, 2.75) is 20.0 Å². The van der Waals surface area contributed by atoms with Gasteiger partial charge in [0.15, 0.2) is 0 Å². The first-order valence-electron chi connectivity index (χ1n) is 6.75. The Bertz CT molecular complexity index is 655. The van der Waals surface area contributed by atoms with Crippen LogP contribution in [0.15, 0.2) is 35.8 Å². The van der Waals surface area contributed by atoms with Crippen molar-refractivity contribution in [1.82, 2.24) is 4.90 Å². The minimum absolute atomic E-state index is 0.0266. The van der Waals surface area contributed by atoms with E-state index in [-0.39, 0.29) is 23.8 Å². The van der Waals surface area contributed by atoms with Crippen LogP contribution in [0.4, 0.5) is 4.79 Å². The fourth-order valence-electron chi connectivity index (χ4n) is 1.89. The van der Waals surface area contributed by atoms with Crippen LogP contribution >= 0.6 is 23.4 Å². The van der Waals surface area contributed by atoms with Gasteiger partial charge in [-0.2, -0.15) is 0 Å². The van der Waals surface area contributed by atoms with Crippen LogP contribution in [0.3, 0.4) is 0 Å². The molecule has 0 aromatic heterocycles. The number of hydrogen-bond acceptors (Lipinski definition) is 4. The normalized spacial score (nSPS) is 16.7. The molecule has 0 bridgehead atoms. The topological polar surface area (TPSA) is 46.6 Å². The molecular formula is C16H16ClNO3S. The van der Waals surface area contributed by atoms with Crippen LogP contribution in [-0.4, -0.2) is 28.7 Å². The number of thioether (sulfide) groups is 1. The molecule has 1 aliphatic heterocycles. The Labute approximate surface area is 138 Å². The summed E-state index contributed by atoms with van der Waals surface area (Å²) in [5.41, 5.74) is 0.741. The largest absolute Gasteiger partial charge is 0.489 e. The Morgan fingerprint density at radius 1 is 1.41 bits per heavy atom. The first kappa shape index (κ1) is 16.6. The zero-order valence-corrected chi connectivity index (χ0v) is 13.9. The predicted octanol–water partition coefficient (Wildman–Crippen LogP) is 4.35. The maximum atomic E-state index is 12.1. The second kappa shape index (κ2) is 7.03. The summed E-state index contributed by atoms with van der Waals surface area (Å²) < 4.78 is 5.56. The van der Waals surface area contributed by atoms with Gasteiger partial charge < -0.3 is 4.74 Å². The summed E-state index contributed by atoms with van der Waals surface area (Å²) in [4.78, 5) is 25.4. The highest BCUT2D eigenvalue weighted by molar-refractivity contribution is 8.18. The predicted molar refractivity (Wildman–Crippen MR) is 90.1 cm³/mol. The maximum absolute atomic E-state index is 12.1. The van der Waals surface area contributed by atoms with Crippen LogP contribution in [0, 0.1) is 0 Å². The number of imide groups is 1. The van der Waals surface area contributed by atoms with Crippen molar-refractivity contribution < 1.29 is 14.3 Å². The molecule has 2 amide bonds. The van der Waals surface area contributed by atoms with E-state index in [1.165, 1.54) is 6.08 Å². The lowest BCUT2D eigenvalue weighted by molar-refractivity contribution is -0.122. The molecule has 0 spiro atoms. The molecule has 1 aromatic rings.